The van der Waals surface area contributed by atoms with Gasteiger partial charge in [-0.15, -0.1) is 0 Å². The number of amides is 1. The van der Waals surface area contributed by atoms with Gasteiger partial charge in [0.15, 0.2) is 0 Å². The molecule has 1 amide bonds. The summed E-state index contributed by atoms with van der Waals surface area (Å²) >= 11 is 0. The highest BCUT2D eigenvalue weighted by molar-refractivity contribution is 5.95. The number of aromatic nitrogens is 3. The van der Waals surface area contributed by atoms with Crippen LogP contribution in [0.4, 0.5) is 8.78 Å². The Morgan fingerprint density at radius 3 is 2.52 bits per heavy atom. The molecule has 3 aromatic rings. The molecular weight excluding hydrogens is 430 g/mol. The molecular formula is C24H30F2N4O3. The first-order valence-electron chi connectivity index (χ1n) is 11.0. The molecule has 3 rings (SSSR count). The fourth-order valence-corrected chi connectivity index (χ4v) is 3.67. The van der Waals surface area contributed by atoms with Gasteiger partial charge in [-0.1, -0.05) is 25.8 Å². The number of fused-ring (bicyclic) bond motifs is 1. The lowest BCUT2D eigenvalue weighted by Crippen LogP contribution is -2.49. The Bertz CT molecular complexity index is 1130. The maximum Gasteiger partial charge on any atom is 0.270 e. The summed E-state index contributed by atoms with van der Waals surface area (Å²) < 4.78 is 35.2. The molecule has 2 heterocycles. The SMILES string of the molecule is CCCCC(NC(=O)c1c(C)nc2c(OCc3c(F)cccc3F)nc(C)cn12)C(C)(C)O. The smallest absolute Gasteiger partial charge is 0.270 e. The molecule has 7 nitrogen and oxygen atoms in total. The largest absolute Gasteiger partial charge is 0.470 e. The minimum Gasteiger partial charge on any atom is -0.470 e. The second-order valence-corrected chi connectivity index (χ2v) is 8.74. The van der Waals surface area contributed by atoms with Crippen molar-refractivity contribution in [2.45, 2.75) is 72.1 Å². The number of aryl methyl sites for hydroxylation is 2. The number of halogens is 2. The van der Waals surface area contributed by atoms with E-state index in [-0.39, 0.29) is 35.3 Å². The van der Waals surface area contributed by atoms with Crippen LogP contribution in [0.1, 0.15) is 67.5 Å². The first-order valence-corrected chi connectivity index (χ1v) is 11.0. The van der Waals surface area contributed by atoms with Crippen LogP contribution in [0.2, 0.25) is 0 Å². The Labute approximate surface area is 191 Å². The van der Waals surface area contributed by atoms with Gasteiger partial charge in [-0.2, -0.15) is 0 Å². The van der Waals surface area contributed by atoms with Crippen LogP contribution < -0.4 is 10.1 Å². The molecule has 2 N–H and O–H groups in total. The van der Waals surface area contributed by atoms with E-state index in [9.17, 15) is 18.7 Å². The van der Waals surface area contributed by atoms with Crippen LogP contribution in [0.25, 0.3) is 5.65 Å². The maximum atomic E-state index is 14.0. The van der Waals surface area contributed by atoms with E-state index in [0.717, 1.165) is 25.0 Å². The van der Waals surface area contributed by atoms with Crippen LogP contribution in [0.5, 0.6) is 5.88 Å². The third-order valence-corrected chi connectivity index (χ3v) is 5.50. The van der Waals surface area contributed by atoms with Gasteiger partial charge in [-0.25, -0.2) is 18.7 Å². The number of benzene rings is 1. The number of aliphatic hydroxyl groups is 1. The molecule has 0 fully saturated rings. The van der Waals surface area contributed by atoms with Crippen LogP contribution >= 0.6 is 0 Å². The highest BCUT2D eigenvalue weighted by atomic mass is 19.1. The normalized spacial score (nSPS) is 12.7. The lowest BCUT2D eigenvalue weighted by molar-refractivity contribution is 0.0313. The summed E-state index contributed by atoms with van der Waals surface area (Å²) in [5.74, 6) is -1.77. The van der Waals surface area contributed by atoms with E-state index in [0.29, 0.717) is 17.8 Å². The van der Waals surface area contributed by atoms with Crippen molar-refractivity contribution in [3.05, 3.63) is 58.7 Å². The molecule has 0 radical (unpaired) electrons. The number of carbonyl (C=O) groups excluding carboxylic acids is 1. The molecule has 1 atom stereocenters. The molecule has 33 heavy (non-hydrogen) atoms. The van der Waals surface area contributed by atoms with Gasteiger partial charge in [0.2, 0.25) is 5.65 Å². The first kappa shape index (κ1) is 24.6. The molecule has 0 saturated carbocycles. The number of ether oxygens (including phenoxy) is 1. The van der Waals surface area contributed by atoms with E-state index in [1.54, 1.807) is 38.3 Å². The molecule has 0 spiro atoms. The lowest BCUT2D eigenvalue weighted by atomic mass is 9.94. The molecule has 0 aliphatic heterocycles. The highest BCUT2D eigenvalue weighted by Crippen LogP contribution is 2.24. The van der Waals surface area contributed by atoms with Crippen molar-refractivity contribution in [2.24, 2.45) is 0 Å². The van der Waals surface area contributed by atoms with E-state index in [4.69, 9.17) is 4.74 Å². The van der Waals surface area contributed by atoms with Crippen LogP contribution in [-0.4, -0.2) is 37.0 Å². The van der Waals surface area contributed by atoms with Gasteiger partial charge < -0.3 is 15.2 Å². The van der Waals surface area contributed by atoms with Gasteiger partial charge in [0.1, 0.15) is 23.9 Å². The summed E-state index contributed by atoms with van der Waals surface area (Å²) in [4.78, 5) is 21.9. The molecule has 0 aliphatic carbocycles. The Hall–Kier alpha value is -3.07. The third-order valence-electron chi connectivity index (χ3n) is 5.50. The number of rotatable bonds is 9. The second kappa shape index (κ2) is 9.82. The fourth-order valence-electron chi connectivity index (χ4n) is 3.67. The standard InChI is InChI=1S/C24H30F2N4O3/c1-6-7-11-19(24(4,5)32)29-22(31)20-15(3)28-21-23(27-14(2)12-30(20)21)33-13-16-17(25)9-8-10-18(16)26/h8-10,12,19,32H,6-7,11,13H2,1-5H3,(H,29,31). The van der Waals surface area contributed by atoms with E-state index >= 15 is 0 Å². The van der Waals surface area contributed by atoms with E-state index in [2.05, 4.69) is 15.3 Å². The van der Waals surface area contributed by atoms with Crippen molar-refractivity contribution in [1.29, 1.82) is 0 Å². The van der Waals surface area contributed by atoms with Crippen molar-refractivity contribution in [1.82, 2.24) is 19.7 Å². The number of nitrogens with zero attached hydrogens (tertiary/aromatic N) is 3. The highest BCUT2D eigenvalue weighted by Gasteiger charge is 2.30. The van der Waals surface area contributed by atoms with Crippen LogP contribution in [-0.2, 0) is 6.61 Å². The summed E-state index contributed by atoms with van der Waals surface area (Å²) in [6.07, 6.45) is 4.07. The van der Waals surface area contributed by atoms with E-state index in [1.807, 2.05) is 6.92 Å². The number of imidazole rings is 1. The molecule has 178 valence electrons. The van der Waals surface area contributed by atoms with Crippen LogP contribution in [0, 0.1) is 25.5 Å². The summed E-state index contributed by atoms with van der Waals surface area (Å²) in [5, 5.41) is 13.4. The average Bonchev–Trinajstić information content (AvgIpc) is 3.05. The summed E-state index contributed by atoms with van der Waals surface area (Å²) in [5.41, 5.74) is 0.185. The van der Waals surface area contributed by atoms with Crippen molar-refractivity contribution < 1.29 is 23.4 Å². The van der Waals surface area contributed by atoms with Gasteiger partial charge in [0.25, 0.3) is 11.8 Å². The predicted molar refractivity (Wildman–Crippen MR) is 120 cm³/mol. The molecule has 2 aromatic heterocycles. The van der Waals surface area contributed by atoms with Crippen molar-refractivity contribution in [3.63, 3.8) is 0 Å². The van der Waals surface area contributed by atoms with Gasteiger partial charge in [0, 0.05) is 6.20 Å². The molecule has 1 unspecified atom stereocenters. The minimum atomic E-state index is -1.10. The number of hydrogen-bond acceptors (Lipinski definition) is 5. The molecule has 0 saturated heterocycles. The summed E-state index contributed by atoms with van der Waals surface area (Å²) in [6.45, 7) is 8.39. The quantitative estimate of drug-likeness (QED) is 0.498. The van der Waals surface area contributed by atoms with Crippen LogP contribution in [0.3, 0.4) is 0 Å². The van der Waals surface area contributed by atoms with Crippen molar-refractivity contribution in [3.8, 4) is 5.88 Å². The average molecular weight is 461 g/mol. The van der Waals surface area contributed by atoms with Gasteiger partial charge in [0.05, 0.1) is 28.6 Å². The number of carbonyl (C=O) groups is 1. The Morgan fingerprint density at radius 1 is 1.24 bits per heavy atom. The van der Waals surface area contributed by atoms with E-state index < -0.39 is 23.3 Å². The maximum absolute atomic E-state index is 14.0. The lowest BCUT2D eigenvalue weighted by Gasteiger charge is -2.30. The van der Waals surface area contributed by atoms with Gasteiger partial charge in [-0.05, 0) is 46.2 Å². The molecule has 0 bridgehead atoms. The Kier molecular flexibility index (Phi) is 7.31. The van der Waals surface area contributed by atoms with Crippen LogP contribution in [0.15, 0.2) is 24.4 Å². The first-order chi connectivity index (χ1) is 15.5. The summed E-state index contributed by atoms with van der Waals surface area (Å²) in [6, 6.07) is 3.14. The third kappa shape index (κ3) is 5.47. The van der Waals surface area contributed by atoms with Gasteiger partial charge in [-0.3, -0.25) is 9.20 Å². The molecule has 1 aromatic carbocycles. The van der Waals surface area contributed by atoms with Crippen molar-refractivity contribution in [2.75, 3.05) is 0 Å². The predicted octanol–water partition coefficient (Wildman–Crippen LogP) is 4.26. The Balaban J connectivity index is 1.94. The Morgan fingerprint density at radius 2 is 1.91 bits per heavy atom. The number of unbranched alkanes of at least 4 members (excludes halogenated alkanes) is 1. The zero-order chi connectivity index (χ0) is 24.3. The number of nitrogens with one attached hydrogen (secondary N) is 1. The minimum absolute atomic E-state index is 0.0600. The second-order valence-electron chi connectivity index (χ2n) is 8.74. The van der Waals surface area contributed by atoms with E-state index in [1.165, 1.54) is 6.07 Å². The van der Waals surface area contributed by atoms with Crippen molar-refractivity contribution >= 4 is 11.6 Å². The number of hydrogen-bond donors (Lipinski definition) is 2. The molecule has 9 heteroatoms. The molecule has 0 aliphatic rings. The fraction of sp³-hybridized carbons (Fsp3) is 0.458. The zero-order valence-corrected chi connectivity index (χ0v) is 19.6. The topological polar surface area (TPSA) is 88.8 Å². The monoisotopic (exact) mass is 460 g/mol. The zero-order valence-electron chi connectivity index (χ0n) is 19.6. The van der Waals surface area contributed by atoms with Gasteiger partial charge >= 0.3 is 0 Å². The summed E-state index contributed by atoms with van der Waals surface area (Å²) in [7, 11) is 0.